The third kappa shape index (κ3) is 4.60. The minimum Gasteiger partial charge on any atom is -0.464 e. The maximum atomic E-state index is 13.6. The predicted molar refractivity (Wildman–Crippen MR) is 126 cm³/mol. The summed E-state index contributed by atoms with van der Waals surface area (Å²) in [7, 11) is 0. The molecule has 6 nitrogen and oxygen atoms in total. The molecule has 0 spiro atoms. The number of hydrogen-bond acceptors (Lipinski definition) is 6. The number of carbonyl (C=O) groups excluding carboxylic acids is 1. The second-order valence-electron chi connectivity index (χ2n) is 7.22. The van der Waals surface area contributed by atoms with Crippen molar-refractivity contribution in [1.29, 1.82) is 0 Å². The van der Waals surface area contributed by atoms with Gasteiger partial charge in [-0.15, -0.1) is 11.3 Å². The van der Waals surface area contributed by atoms with E-state index < -0.39 is 0 Å². The topological polar surface area (TPSA) is 77.1 Å². The average Bonchev–Trinajstić information content (AvgIpc) is 3.43. The first-order valence-electron chi connectivity index (χ1n) is 10.1. The normalized spacial score (nSPS) is 12.2. The fourth-order valence-electron chi connectivity index (χ4n) is 3.44. The highest BCUT2D eigenvalue weighted by Gasteiger charge is 2.20. The van der Waals surface area contributed by atoms with Gasteiger partial charge in [0, 0.05) is 17.0 Å². The molecule has 1 unspecified atom stereocenters. The highest BCUT2D eigenvalue weighted by Crippen LogP contribution is 2.33. The van der Waals surface area contributed by atoms with Crippen LogP contribution >= 0.6 is 23.1 Å². The first kappa shape index (κ1) is 21.4. The number of benzene rings is 1. The van der Waals surface area contributed by atoms with Crippen molar-refractivity contribution < 1.29 is 9.21 Å². The van der Waals surface area contributed by atoms with Crippen LogP contribution in [0.25, 0.3) is 27.2 Å². The fraction of sp³-hybridized carbons (Fsp3) is 0.261. The van der Waals surface area contributed by atoms with Gasteiger partial charge in [0.25, 0.3) is 5.56 Å². The third-order valence-electron chi connectivity index (χ3n) is 4.84. The summed E-state index contributed by atoms with van der Waals surface area (Å²) < 4.78 is 7.10. The number of thioether (sulfide) groups is 1. The monoisotopic (exact) mass is 453 g/mol. The Labute approximate surface area is 188 Å². The molecule has 0 radical (unpaired) electrons. The van der Waals surface area contributed by atoms with Gasteiger partial charge in [-0.3, -0.25) is 14.2 Å². The molecule has 1 aromatic carbocycles. The number of rotatable bonds is 8. The molecule has 1 amide bonds. The van der Waals surface area contributed by atoms with Crippen LogP contribution in [0.4, 0.5) is 0 Å². The van der Waals surface area contributed by atoms with Gasteiger partial charge in [0.15, 0.2) is 5.16 Å². The Kier molecular flexibility index (Phi) is 6.58. The first-order chi connectivity index (χ1) is 15.1. The smallest absolute Gasteiger partial charge is 0.268 e. The van der Waals surface area contributed by atoms with E-state index in [1.807, 2.05) is 48.7 Å². The lowest BCUT2D eigenvalue weighted by Crippen LogP contribution is -2.34. The Hall–Kier alpha value is -2.84. The quantitative estimate of drug-likeness (QED) is 0.297. The summed E-state index contributed by atoms with van der Waals surface area (Å²) in [5.74, 6) is 0.756. The minimum atomic E-state index is -0.175. The van der Waals surface area contributed by atoms with Gasteiger partial charge in [0.2, 0.25) is 5.91 Å². The van der Waals surface area contributed by atoms with Crippen molar-refractivity contribution in [2.24, 2.45) is 0 Å². The molecule has 3 aromatic heterocycles. The summed E-state index contributed by atoms with van der Waals surface area (Å²) >= 11 is 2.67. The van der Waals surface area contributed by atoms with Crippen molar-refractivity contribution in [3.05, 3.63) is 64.5 Å². The fourth-order valence-corrected chi connectivity index (χ4v) is 5.23. The highest BCUT2D eigenvalue weighted by atomic mass is 32.2. The molecule has 0 aliphatic carbocycles. The first-order valence-corrected chi connectivity index (χ1v) is 12.0. The Balaban J connectivity index is 1.74. The number of aromatic nitrogens is 2. The number of amides is 1. The van der Waals surface area contributed by atoms with Crippen molar-refractivity contribution in [2.45, 2.75) is 37.9 Å². The number of furan rings is 1. The molecule has 0 bridgehead atoms. The van der Waals surface area contributed by atoms with Gasteiger partial charge < -0.3 is 9.73 Å². The van der Waals surface area contributed by atoms with Crippen molar-refractivity contribution in [3.63, 3.8) is 0 Å². The van der Waals surface area contributed by atoms with Crippen LogP contribution in [0.3, 0.4) is 0 Å². The van der Waals surface area contributed by atoms with E-state index in [1.54, 1.807) is 16.9 Å². The van der Waals surface area contributed by atoms with E-state index >= 15 is 0 Å². The number of hydrogen-bond donors (Lipinski definition) is 1. The van der Waals surface area contributed by atoms with Crippen LogP contribution in [0.2, 0.25) is 0 Å². The van der Waals surface area contributed by atoms with Gasteiger partial charge in [-0.05, 0) is 37.6 Å². The van der Waals surface area contributed by atoms with Crippen LogP contribution in [-0.4, -0.2) is 27.3 Å². The lowest BCUT2D eigenvalue weighted by atomic mass is 10.2. The lowest BCUT2D eigenvalue weighted by molar-refractivity contribution is -0.119. The van der Waals surface area contributed by atoms with Crippen LogP contribution in [0.1, 0.15) is 26.7 Å². The van der Waals surface area contributed by atoms with Crippen LogP contribution in [-0.2, 0) is 4.79 Å². The number of carbonyl (C=O) groups is 1. The highest BCUT2D eigenvalue weighted by molar-refractivity contribution is 7.99. The molecule has 160 valence electrons. The van der Waals surface area contributed by atoms with Gasteiger partial charge in [-0.25, -0.2) is 4.98 Å². The van der Waals surface area contributed by atoms with Gasteiger partial charge in [0.05, 0.1) is 23.1 Å². The van der Waals surface area contributed by atoms with Crippen molar-refractivity contribution in [3.8, 4) is 17.0 Å². The SMILES string of the molecule is CCCC(C)NC(=O)CSc1nc2scc(-c3ccco3)c2c(=O)n1-c1ccccc1. The summed E-state index contributed by atoms with van der Waals surface area (Å²) in [6.45, 7) is 4.09. The molecule has 1 atom stereocenters. The molecule has 4 aromatic rings. The maximum Gasteiger partial charge on any atom is 0.268 e. The van der Waals surface area contributed by atoms with E-state index in [0.29, 0.717) is 26.8 Å². The van der Waals surface area contributed by atoms with Crippen molar-refractivity contribution in [2.75, 3.05) is 5.75 Å². The molecular weight excluding hydrogens is 430 g/mol. The van der Waals surface area contributed by atoms with Crippen LogP contribution in [0, 0.1) is 0 Å². The van der Waals surface area contributed by atoms with E-state index in [1.165, 1.54) is 23.1 Å². The summed E-state index contributed by atoms with van der Waals surface area (Å²) in [6, 6.07) is 13.1. The molecule has 4 rings (SSSR count). The summed E-state index contributed by atoms with van der Waals surface area (Å²) in [5.41, 5.74) is 1.27. The molecule has 3 heterocycles. The Morgan fingerprint density at radius 1 is 1.26 bits per heavy atom. The van der Waals surface area contributed by atoms with Gasteiger partial charge in [0.1, 0.15) is 10.6 Å². The van der Waals surface area contributed by atoms with Gasteiger partial charge >= 0.3 is 0 Å². The second-order valence-corrected chi connectivity index (χ2v) is 9.02. The summed E-state index contributed by atoms with van der Waals surface area (Å²) in [5, 5.41) is 5.91. The molecule has 1 N–H and O–H groups in total. The zero-order valence-corrected chi connectivity index (χ0v) is 19.0. The Bertz CT molecular complexity index is 1230. The molecular formula is C23H23N3O3S2. The molecule has 0 aliphatic rings. The predicted octanol–water partition coefficient (Wildman–Crippen LogP) is 5.10. The molecule has 31 heavy (non-hydrogen) atoms. The standard InChI is InChI=1S/C23H23N3O3S2/c1-3-8-15(2)24-19(27)14-31-23-25-21-20(17(13-30-21)18-11-7-12-29-18)22(28)26(23)16-9-5-4-6-10-16/h4-7,9-13,15H,3,8,14H2,1-2H3,(H,24,27). The summed E-state index contributed by atoms with van der Waals surface area (Å²) in [6.07, 6.45) is 3.53. The van der Waals surface area contributed by atoms with E-state index in [9.17, 15) is 9.59 Å². The van der Waals surface area contributed by atoms with Crippen LogP contribution in [0.5, 0.6) is 0 Å². The minimum absolute atomic E-state index is 0.0673. The Morgan fingerprint density at radius 3 is 2.77 bits per heavy atom. The number of nitrogens with one attached hydrogen (secondary N) is 1. The lowest BCUT2D eigenvalue weighted by Gasteiger charge is -2.14. The Morgan fingerprint density at radius 2 is 2.06 bits per heavy atom. The van der Waals surface area contributed by atoms with Crippen LogP contribution < -0.4 is 10.9 Å². The molecule has 0 aliphatic heterocycles. The molecule has 0 saturated heterocycles. The third-order valence-corrected chi connectivity index (χ3v) is 6.65. The summed E-state index contributed by atoms with van der Waals surface area (Å²) in [4.78, 5) is 31.4. The molecule has 0 fully saturated rings. The molecule has 0 saturated carbocycles. The van der Waals surface area contributed by atoms with Gasteiger partial charge in [-0.2, -0.15) is 0 Å². The van der Waals surface area contributed by atoms with E-state index in [2.05, 4.69) is 12.2 Å². The zero-order chi connectivity index (χ0) is 21.8. The van der Waals surface area contributed by atoms with E-state index in [4.69, 9.17) is 9.40 Å². The van der Waals surface area contributed by atoms with E-state index in [0.717, 1.165) is 18.4 Å². The second kappa shape index (κ2) is 9.53. The number of thiophene rings is 1. The average molecular weight is 454 g/mol. The van der Waals surface area contributed by atoms with Gasteiger partial charge in [-0.1, -0.05) is 43.3 Å². The number of para-hydroxylation sites is 1. The largest absolute Gasteiger partial charge is 0.464 e. The van der Waals surface area contributed by atoms with E-state index in [-0.39, 0.29) is 23.3 Å². The molecule has 8 heteroatoms. The van der Waals surface area contributed by atoms with Crippen LogP contribution in [0.15, 0.2) is 68.5 Å². The maximum absolute atomic E-state index is 13.6. The number of fused-ring (bicyclic) bond motifs is 1. The van der Waals surface area contributed by atoms with Crippen molar-refractivity contribution in [1.82, 2.24) is 14.9 Å². The zero-order valence-electron chi connectivity index (χ0n) is 17.3. The number of nitrogens with zero attached hydrogens (tertiary/aromatic N) is 2. The van der Waals surface area contributed by atoms with Crippen molar-refractivity contribution >= 4 is 39.2 Å².